The van der Waals surface area contributed by atoms with Gasteiger partial charge in [0, 0.05) is 10.6 Å². The Morgan fingerprint density at radius 2 is 1.79 bits per heavy atom. The number of fused-ring (bicyclic) bond motifs is 1. The van der Waals surface area contributed by atoms with E-state index in [1.807, 2.05) is 24.3 Å². The molecule has 0 spiro atoms. The minimum atomic E-state index is -0.702. The molecule has 0 aromatic heterocycles. The molecule has 0 radical (unpaired) electrons. The Morgan fingerprint density at radius 3 is 2.52 bits per heavy atom. The number of carbonyl (C=O) groups is 1. The second kappa shape index (κ2) is 8.44. The summed E-state index contributed by atoms with van der Waals surface area (Å²) in [6.45, 7) is 1.42. The highest BCUT2D eigenvalue weighted by atomic mass is 35.5. The molecule has 1 aliphatic rings. The molecule has 29 heavy (non-hydrogen) atoms. The first-order valence-corrected chi connectivity index (χ1v) is 10.2. The number of ether oxygens (including phenoxy) is 1. The van der Waals surface area contributed by atoms with Gasteiger partial charge in [-0.1, -0.05) is 54.1 Å². The van der Waals surface area contributed by atoms with E-state index in [2.05, 4.69) is 41.3 Å². The first kappa shape index (κ1) is 19.7. The number of nitrogens with zero attached hydrogens (tertiary/aromatic N) is 1. The molecule has 3 aromatic carbocycles. The zero-order chi connectivity index (χ0) is 20.4. The minimum Gasteiger partial charge on any atom is -0.496 e. The number of halogens is 1. The van der Waals surface area contributed by atoms with E-state index in [0.29, 0.717) is 31.0 Å². The van der Waals surface area contributed by atoms with Crippen molar-refractivity contribution >= 4 is 28.3 Å². The van der Waals surface area contributed by atoms with Crippen LogP contribution in [-0.2, 0) is 4.79 Å². The van der Waals surface area contributed by atoms with Crippen molar-refractivity contribution in [2.24, 2.45) is 5.92 Å². The minimum absolute atomic E-state index is 0.0653. The number of rotatable bonds is 5. The van der Waals surface area contributed by atoms with Gasteiger partial charge >= 0.3 is 5.97 Å². The van der Waals surface area contributed by atoms with E-state index in [9.17, 15) is 9.90 Å². The lowest BCUT2D eigenvalue weighted by atomic mass is 9.88. The van der Waals surface area contributed by atoms with Gasteiger partial charge in [-0.15, -0.1) is 0 Å². The SMILES string of the molecule is COc1ccc(Cl)cc1C(c1cccc2ccccc12)N1CCC(C(=O)O)CC1. The van der Waals surface area contributed by atoms with Crippen molar-refractivity contribution in [1.29, 1.82) is 0 Å². The van der Waals surface area contributed by atoms with Crippen molar-refractivity contribution < 1.29 is 14.6 Å². The number of methoxy groups -OCH3 is 1. The van der Waals surface area contributed by atoms with Crippen molar-refractivity contribution in [3.8, 4) is 5.75 Å². The van der Waals surface area contributed by atoms with Crippen molar-refractivity contribution in [2.45, 2.75) is 18.9 Å². The van der Waals surface area contributed by atoms with Crippen LogP contribution in [0.4, 0.5) is 0 Å². The third-order valence-corrected chi connectivity index (χ3v) is 6.08. The van der Waals surface area contributed by atoms with Gasteiger partial charge in [0.25, 0.3) is 0 Å². The van der Waals surface area contributed by atoms with Crippen LogP contribution in [0.5, 0.6) is 5.75 Å². The molecule has 1 N–H and O–H groups in total. The fourth-order valence-corrected chi connectivity index (χ4v) is 4.55. The van der Waals surface area contributed by atoms with Crippen LogP contribution in [0.3, 0.4) is 0 Å². The fourth-order valence-electron chi connectivity index (χ4n) is 4.37. The molecule has 3 aromatic rings. The lowest BCUT2D eigenvalue weighted by Gasteiger charge is -2.38. The Labute approximate surface area is 175 Å². The monoisotopic (exact) mass is 409 g/mol. The van der Waals surface area contributed by atoms with Crippen molar-refractivity contribution in [2.75, 3.05) is 20.2 Å². The fraction of sp³-hybridized carbons (Fsp3) is 0.292. The van der Waals surface area contributed by atoms with Crippen molar-refractivity contribution in [3.05, 3.63) is 76.8 Å². The number of hydrogen-bond donors (Lipinski definition) is 1. The first-order valence-electron chi connectivity index (χ1n) is 9.86. The van der Waals surface area contributed by atoms with Crippen LogP contribution in [0, 0.1) is 5.92 Å². The number of carboxylic acid groups (broad SMARTS) is 1. The molecule has 1 fully saturated rings. The second-order valence-electron chi connectivity index (χ2n) is 7.51. The van der Waals surface area contributed by atoms with Gasteiger partial charge in [-0.25, -0.2) is 0 Å². The van der Waals surface area contributed by atoms with Gasteiger partial charge in [0.15, 0.2) is 0 Å². The topological polar surface area (TPSA) is 49.8 Å². The summed E-state index contributed by atoms with van der Waals surface area (Å²) in [6, 6.07) is 20.3. The third-order valence-electron chi connectivity index (χ3n) is 5.85. The molecular weight excluding hydrogens is 386 g/mol. The molecule has 1 unspecified atom stereocenters. The largest absolute Gasteiger partial charge is 0.496 e. The maximum absolute atomic E-state index is 11.4. The van der Waals surface area contributed by atoms with E-state index in [-0.39, 0.29) is 12.0 Å². The molecule has 1 heterocycles. The van der Waals surface area contributed by atoms with E-state index >= 15 is 0 Å². The lowest BCUT2D eigenvalue weighted by Crippen LogP contribution is -2.39. The summed E-state index contributed by atoms with van der Waals surface area (Å²) in [5.74, 6) is -0.194. The molecule has 5 heteroatoms. The summed E-state index contributed by atoms with van der Waals surface area (Å²) in [4.78, 5) is 13.8. The Kier molecular flexibility index (Phi) is 5.74. The maximum Gasteiger partial charge on any atom is 0.306 e. The molecule has 1 saturated heterocycles. The van der Waals surface area contributed by atoms with Crippen LogP contribution in [0.2, 0.25) is 5.02 Å². The standard InChI is InChI=1S/C24H24ClNO3/c1-29-22-10-9-18(25)15-21(22)23(26-13-11-17(12-14-26)24(27)28)20-8-4-6-16-5-2-3-7-19(16)20/h2-10,15,17,23H,11-14H2,1H3,(H,27,28). The Morgan fingerprint density at radius 1 is 1.07 bits per heavy atom. The van der Waals surface area contributed by atoms with E-state index in [1.54, 1.807) is 7.11 Å². The summed E-state index contributed by atoms with van der Waals surface area (Å²) in [6.07, 6.45) is 1.28. The number of aliphatic carboxylic acids is 1. The number of likely N-dealkylation sites (tertiary alicyclic amines) is 1. The van der Waals surface area contributed by atoms with E-state index < -0.39 is 5.97 Å². The second-order valence-corrected chi connectivity index (χ2v) is 7.94. The smallest absolute Gasteiger partial charge is 0.306 e. The van der Waals surface area contributed by atoms with E-state index in [1.165, 1.54) is 16.3 Å². The maximum atomic E-state index is 11.4. The average Bonchev–Trinajstić information content (AvgIpc) is 2.75. The normalized spacial score (nSPS) is 16.6. The predicted octanol–water partition coefficient (Wildman–Crippen LogP) is 5.39. The van der Waals surface area contributed by atoms with Gasteiger partial charge in [0.05, 0.1) is 19.1 Å². The molecule has 1 aliphatic heterocycles. The molecule has 0 bridgehead atoms. The highest BCUT2D eigenvalue weighted by Gasteiger charge is 2.32. The van der Waals surface area contributed by atoms with E-state index in [4.69, 9.17) is 16.3 Å². The third kappa shape index (κ3) is 3.96. The molecule has 0 saturated carbocycles. The van der Waals surface area contributed by atoms with Crippen LogP contribution in [0.15, 0.2) is 60.7 Å². The lowest BCUT2D eigenvalue weighted by molar-refractivity contribution is -0.143. The molecule has 0 aliphatic carbocycles. The van der Waals surface area contributed by atoms with Crippen LogP contribution < -0.4 is 4.74 Å². The summed E-state index contributed by atoms with van der Waals surface area (Å²) < 4.78 is 5.69. The number of carboxylic acids is 1. The number of piperidine rings is 1. The molecule has 1 atom stereocenters. The molecule has 0 amide bonds. The van der Waals surface area contributed by atoms with Crippen LogP contribution in [-0.4, -0.2) is 36.2 Å². The Balaban J connectivity index is 1.84. The van der Waals surface area contributed by atoms with Gasteiger partial charge in [-0.05, 0) is 60.5 Å². The first-order chi connectivity index (χ1) is 14.1. The van der Waals surface area contributed by atoms with Gasteiger partial charge in [0.1, 0.15) is 5.75 Å². The van der Waals surface area contributed by atoms with Crippen molar-refractivity contribution in [3.63, 3.8) is 0 Å². The number of benzene rings is 3. The van der Waals surface area contributed by atoms with Crippen molar-refractivity contribution in [1.82, 2.24) is 4.90 Å². The van der Waals surface area contributed by atoms with Gasteiger partial charge in [-0.2, -0.15) is 0 Å². The molecular formula is C24H24ClNO3. The van der Waals surface area contributed by atoms with Crippen LogP contribution >= 0.6 is 11.6 Å². The summed E-state index contributed by atoms with van der Waals surface area (Å²) >= 11 is 6.38. The van der Waals surface area contributed by atoms with Gasteiger partial charge < -0.3 is 9.84 Å². The zero-order valence-corrected chi connectivity index (χ0v) is 17.1. The summed E-state index contributed by atoms with van der Waals surface area (Å²) in [5, 5.41) is 12.4. The van der Waals surface area contributed by atoms with Crippen LogP contribution in [0.1, 0.15) is 30.0 Å². The summed E-state index contributed by atoms with van der Waals surface area (Å²) in [7, 11) is 1.67. The molecule has 150 valence electrons. The Hall–Kier alpha value is -2.56. The Bertz CT molecular complexity index is 1020. The highest BCUT2D eigenvalue weighted by molar-refractivity contribution is 6.30. The summed E-state index contributed by atoms with van der Waals surface area (Å²) in [5.41, 5.74) is 2.18. The zero-order valence-electron chi connectivity index (χ0n) is 16.3. The van der Waals surface area contributed by atoms with Gasteiger partial charge in [-0.3, -0.25) is 9.69 Å². The van der Waals surface area contributed by atoms with E-state index in [0.717, 1.165) is 11.3 Å². The average molecular weight is 410 g/mol. The predicted molar refractivity (Wildman–Crippen MR) is 116 cm³/mol. The van der Waals surface area contributed by atoms with Crippen LogP contribution in [0.25, 0.3) is 10.8 Å². The van der Waals surface area contributed by atoms with Gasteiger partial charge in [0.2, 0.25) is 0 Å². The quantitative estimate of drug-likeness (QED) is 0.614. The number of hydrogen-bond acceptors (Lipinski definition) is 3. The molecule has 4 rings (SSSR count). The molecule has 4 nitrogen and oxygen atoms in total. The highest BCUT2D eigenvalue weighted by Crippen LogP contribution is 2.40.